The molecular weight excluding hydrogens is 288 g/mol. The number of hydrogen-bond acceptors (Lipinski definition) is 5. The summed E-state index contributed by atoms with van der Waals surface area (Å²) < 4.78 is 9.57. The molecule has 0 atom stereocenters. The molecule has 0 amide bonds. The van der Waals surface area contributed by atoms with Crippen molar-refractivity contribution >= 4 is 24.6 Å². The van der Waals surface area contributed by atoms with E-state index >= 15 is 0 Å². The number of carbonyl (C=O) groups excluding carboxylic acids is 2. The predicted molar refractivity (Wildman–Crippen MR) is 85.6 cm³/mol. The van der Waals surface area contributed by atoms with Crippen molar-refractivity contribution in [2.24, 2.45) is 0 Å². The Balaban J connectivity index is 0.00000191. The molecule has 0 heterocycles. The van der Waals surface area contributed by atoms with Crippen LogP contribution < -0.4 is 0 Å². The Morgan fingerprint density at radius 1 is 1.05 bits per heavy atom. The summed E-state index contributed by atoms with van der Waals surface area (Å²) in [6.45, 7) is 5.55. The first-order valence-corrected chi connectivity index (χ1v) is 7.59. The molecule has 21 heavy (non-hydrogen) atoms. The van der Waals surface area contributed by atoms with Crippen LogP contribution in [0.25, 0.3) is 0 Å². The van der Waals surface area contributed by atoms with Crippen molar-refractivity contribution in [1.82, 2.24) is 0 Å². The molecule has 0 aromatic heterocycles. The summed E-state index contributed by atoms with van der Waals surface area (Å²) >= 11 is 4.21. The molecule has 0 saturated carbocycles. The molecule has 0 bridgehead atoms. The number of rotatable bonds is 7. The van der Waals surface area contributed by atoms with Crippen LogP contribution in [0.3, 0.4) is 0 Å². The van der Waals surface area contributed by atoms with Crippen LogP contribution in [0, 0.1) is 0 Å². The Labute approximate surface area is 132 Å². The van der Waals surface area contributed by atoms with E-state index in [0.29, 0.717) is 6.42 Å². The van der Waals surface area contributed by atoms with Gasteiger partial charge in [0.25, 0.3) is 0 Å². The van der Waals surface area contributed by atoms with Gasteiger partial charge in [0, 0.05) is 18.2 Å². The number of carbonyl (C=O) groups is 2. The van der Waals surface area contributed by atoms with Crippen molar-refractivity contribution in [3.05, 3.63) is 29.8 Å². The summed E-state index contributed by atoms with van der Waals surface area (Å²) in [6.07, 6.45) is 1.92. The molecule has 0 aliphatic heterocycles. The van der Waals surface area contributed by atoms with Gasteiger partial charge >= 0.3 is 11.9 Å². The molecule has 1 rings (SSSR count). The molecule has 0 fully saturated rings. The molecular formula is C16H24O4S. The normalized spacial score (nSPS) is 9.33. The zero-order valence-electron chi connectivity index (χ0n) is 12.9. The minimum atomic E-state index is -0.372. The van der Waals surface area contributed by atoms with E-state index in [1.807, 2.05) is 38.1 Å². The molecule has 0 radical (unpaired) electrons. The van der Waals surface area contributed by atoms with Gasteiger partial charge in [-0.2, -0.15) is 0 Å². The van der Waals surface area contributed by atoms with E-state index in [4.69, 9.17) is 4.74 Å². The lowest BCUT2D eigenvalue weighted by Crippen LogP contribution is -2.12. The quantitative estimate of drug-likeness (QED) is 0.476. The minimum Gasteiger partial charge on any atom is -0.462 e. The van der Waals surface area contributed by atoms with Crippen LogP contribution in [0.15, 0.2) is 29.2 Å². The summed E-state index contributed by atoms with van der Waals surface area (Å²) in [5.74, 6) is -0.637. The van der Waals surface area contributed by atoms with Gasteiger partial charge in [0.05, 0.1) is 0 Å². The Bertz CT molecular complexity index is 415. The van der Waals surface area contributed by atoms with Crippen molar-refractivity contribution in [2.45, 2.75) is 44.9 Å². The Morgan fingerprint density at radius 3 is 2.19 bits per heavy atom. The molecule has 5 heteroatoms. The standard InChI is InChI=1S/C14H18O4S.C2H6/c1-11(15)17-9-10-18-14(16)4-2-3-12-5-7-13(19)8-6-12;1-2/h5-8,19H,2-4,9-10H2,1H3;1-2H3. The first-order valence-electron chi connectivity index (χ1n) is 7.15. The van der Waals surface area contributed by atoms with Crippen LogP contribution in [0.1, 0.15) is 39.2 Å². The highest BCUT2D eigenvalue weighted by atomic mass is 32.1. The van der Waals surface area contributed by atoms with Crippen molar-refractivity contribution in [3.8, 4) is 0 Å². The Morgan fingerprint density at radius 2 is 1.62 bits per heavy atom. The summed E-state index contributed by atoms with van der Waals surface area (Å²) in [5.41, 5.74) is 1.17. The lowest BCUT2D eigenvalue weighted by Gasteiger charge is -2.05. The van der Waals surface area contributed by atoms with E-state index in [2.05, 4.69) is 17.4 Å². The molecule has 0 aliphatic carbocycles. The molecule has 1 aromatic rings. The smallest absolute Gasteiger partial charge is 0.305 e. The Kier molecular flexibility index (Phi) is 11.4. The van der Waals surface area contributed by atoms with Gasteiger partial charge in [0.1, 0.15) is 13.2 Å². The first-order chi connectivity index (χ1) is 10.1. The summed E-state index contributed by atoms with van der Waals surface area (Å²) in [6, 6.07) is 7.84. The zero-order chi connectivity index (χ0) is 16.1. The fourth-order valence-electron chi connectivity index (χ4n) is 1.51. The third-order valence-corrected chi connectivity index (χ3v) is 2.73. The largest absolute Gasteiger partial charge is 0.462 e. The van der Waals surface area contributed by atoms with Crippen molar-refractivity contribution in [1.29, 1.82) is 0 Å². The molecule has 118 valence electrons. The predicted octanol–water partition coefficient (Wildman–Crippen LogP) is 3.43. The monoisotopic (exact) mass is 312 g/mol. The second-order valence-corrected chi connectivity index (χ2v) is 4.60. The van der Waals surface area contributed by atoms with Crippen LogP contribution in [-0.4, -0.2) is 25.2 Å². The number of hydrogen-bond donors (Lipinski definition) is 1. The lowest BCUT2D eigenvalue weighted by atomic mass is 10.1. The molecule has 4 nitrogen and oxygen atoms in total. The maximum atomic E-state index is 11.4. The number of thiol groups is 1. The highest BCUT2D eigenvalue weighted by Crippen LogP contribution is 2.10. The van der Waals surface area contributed by atoms with Crippen LogP contribution in [0.2, 0.25) is 0 Å². The van der Waals surface area contributed by atoms with Gasteiger partial charge in [0.2, 0.25) is 0 Å². The number of esters is 2. The van der Waals surface area contributed by atoms with E-state index in [-0.39, 0.29) is 25.2 Å². The third-order valence-electron chi connectivity index (χ3n) is 2.43. The fraction of sp³-hybridized carbons (Fsp3) is 0.500. The van der Waals surface area contributed by atoms with Gasteiger partial charge in [0.15, 0.2) is 0 Å². The topological polar surface area (TPSA) is 52.6 Å². The van der Waals surface area contributed by atoms with Gasteiger partial charge in [-0.1, -0.05) is 26.0 Å². The van der Waals surface area contributed by atoms with E-state index < -0.39 is 0 Å². The highest BCUT2D eigenvalue weighted by molar-refractivity contribution is 7.80. The second kappa shape index (κ2) is 12.3. The van der Waals surface area contributed by atoms with Gasteiger partial charge < -0.3 is 9.47 Å². The fourth-order valence-corrected chi connectivity index (χ4v) is 1.66. The van der Waals surface area contributed by atoms with E-state index in [1.54, 1.807) is 0 Å². The molecule has 1 aromatic carbocycles. The first kappa shape index (κ1) is 19.5. The van der Waals surface area contributed by atoms with Crippen LogP contribution >= 0.6 is 12.6 Å². The van der Waals surface area contributed by atoms with Gasteiger partial charge in [-0.15, -0.1) is 12.6 Å². The molecule has 0 unspecified atom stereocenters. The molecule has 0 saturated heterocycles. The van der Waals surface area contributed by atoms with Crippen molar-refractivity contribution in [2.75, 3.05) is 13.2 Å². The number of aryl methyl sites for hydroxylation is 1. The highest BCUT2D eigenvalue weighted by Gasteiger charge is 2.03. The summed E-state index contributed by atoms with van der Waals surface area (Å²) in [7, 11) is 0. The SMILES string of the molecule is CC.CC(=O)OCCOC(=O)CCCc1ccc(S)cc1. The maximum Gasteiger partial charge on any atom is 0.305 e. The van der Waals surface area contributed by atoms with Crippen molar-refractivity contribution < 1.29 is 19.1 Å². The Hall–Kier alpha value is -1.49. The van der Waals surface area contributed by atoms with Crippen molar-refractivity contribution in [3.63, 3.8) is 0 Å². The lowest BCUT2D eigenvalue weighted by molar-refractivity contribution is -0.151. The van der Waals surface area contributed by atoms with Crippen LogP contribution in [0.5, 0.6) is 0 Å². The van der Waals surface area contributed by atoms with Crippen LogP contribution in [-0.2, 0) is 25.5 Å². The second-order valence-electron chi connectivity index (χ2n) is 4.08. The van der Waals surface area contributed by atoms with E-state index in [9.17, 15) is 9.59 Å². The third kappa shape index (κ3) is 10.9. The summed E-state index contributed by atoms with van der Waals surface area (Å²) in [5, 5.41) is 0. The van der Waals surface area contributed by atoms with Crippen LogP contribution in [0.4, 0.5) is 0 Å². The minimum absolute atomic E-state index is 0.116. The molecule has 0 spiro atoms. The zero-order valence-corrected chi connectivity index (χ0v) is 13.8. The number of ether oxygens (including phenoxy) is 2. The molecule has 0 aliphatic rings. The number of benzene rings is 1. The van der Waals surface area contributed by atoms with E-state index in [0.717, 1.165) is 17.7 Å². The average molecular weight is 312 g/mol. The maximum absolute atomic E-state index is 11.4. The van der Waals surface area contributed by atoms with Gasteiger partial charge in [-0.25, -0.2) is 0 Å². The van der Waals surface area contributed by atoms with E-state index in [1.165, 1.54) is 12.5 Å². The summed E-state index contributed by atoms with van der Waals surface area (Å²) in [4.78, 5) is 22.8. The van der Waals surface area contributed by atoms with Gasteiger partial charge in [-0.3, -0.25) is 9.59 Å². The molecule has 0 N–H and O–H groups in total. The average Bonchev–Trinajstić information content (AvgIpc) is 2.48. The van der Waals surface area contributed by atoms with Gasteiger partial charge in [-0.05, 0) is 30.5 Å².